The van der Waals surface area contributed by atoms with Crippen molar-refractivity contribution in [3.05, 3.63) is 0 Å². The molecule has 2 rings (SSSR count). The molecule has 0 radical (unpaired) electrons. The van der Waals surface area contributed by atoms with Gasteiger partial charge in [-0.15, -0.1) is 0 Å². The maximum Gasteiger partial charge on any atom is 0.225 e. The van der Waals surface area contributed by atoms with Crippen LogP contribution < -0.4 is 0 Å². The third kappa shape index (κ3) is 3.97. The minimum absolute atomic E-state index is 0.246. The van der Waals surface area contributed by atoms with E-state index >= 15 is 0 Å². The second-order valence-corrected chi connectivity index (χ2v) is 6.64. The SMILES string of the molecule is CC(C)CC(=O)N1CCCN(C(=O)C2CCCC2)CC1. The molecule has 0 spiro atoms. The van der Waals surface area contributed by atoms with Gasteiger partial charge < -0.3 is 9.80 Å². The summed E-state index contributed by atoms with van der Waals surface area (Å²) in [5.74, 6) is 1.24. The van der Waals surface area contributed by atoms with Crippen LogP contribution >= 0.6 is 0 Å². The molecule has 1 aliphatic carbocycles. The summed E-state index contributed by atoms with van der Waals surface area (Å²) in [6.07, 6.45) is 6.06. The largest absolute Gasteiger partial charge is 0.341 e. The second kappa shape index (κ2) is 7.09. The molecule has 0 N–H and O–H groups in total. The van der Waals surface area contributed by atoms with Gasteiger partial charge in [0.2, 0.25) is 11.8 Å². The molecule has 4 heteroatoms. The molecule has 1 saturated heterocycles. The van der Waals surface area contributed by atoms with Crippen LogP contribution in [0, 0.1) is 11.8 Å². The quantitative estimate of drug-likeness (QED) is 0.796. The molecule has 1 heterocycles. The number of hydrogen-bond acceptors (Lipinski definition) is 2. The predicted molar refractivity (Wildman–Crippen MR) is 79.2 cm³/mol. The van der Waals surface area contributed by atoms with Crippen molar-refractivity contribution in [3.63, 3.8) is 0 Å². The van der Waals surface area contributed by atoms with Gasteiger partial charge in [0, 0.05) is 38.5 Å². The zero-order valence-corrected chi connectivity index (χ0v) is 12.9. The van der Waals surface area contributed by atoms with Crippen LogP contribution in [0.3, 0.4) is 0 Å². The lowest BCUT2D eigenvalue weighted by atomic mass is 10.1. The highest BCUT2D eigenvalue weighted by molar-refractivity contribution is 5.79. The molecule has 0 aromatic rings. The monoisotopic (exact) mass is 280 g/mol. The summed E-state index contributed by atoms with van der Waals surface area (Å²) in [6, 6.07) is 0. The molecule has 2 fully saturated rings. The second-order valence-electron chi connectivity index (χ2n) is 6.64. The van der Waals surface area contributed by atoms with Crippen molar-refractivity contribution in [1.82, 2.24) is 9.80 Å². The molecular weight excluding hydrogens is 252 g/mol. The number of carbonyl (C=O) groups excluding carboxylic acids is 2. The molecule has 2 aliphatic rings. The van der Waals surface area contributed by atoms with E-state index in [2.05, 4.69) is 13.8 Å². The molecule has 4 nitrogen and oxygen atoms in total. The maximum absolute atomic E-state index is 12.4. The average molecular weight is 280 g/mol. The normalized spacial score (nSPS) is 21.4. The lowest BCUT2D eigenvalue weighted by Gasteiger charge is -2.24. The highest BCUT2D eigenvalue weighted by Crippen LogP contribution is 2.27. The van der Waals surface area contributed by atoms with Crippen LogP contribution in [-0.4, -0.2) is 47.8 Å². The summed E-state index contributed by atoms with van der Waals surface area (Å²) in [6.45, 7) is 7.21. The van der Waals surface area contributed by atoms with E-state index in [1.807, 2.05) is 9.80 Å². The van der Waals surface area contributed by atoms with Gasteiger partial charge in [-0.2, -0.15) is 0 Å². The van der Waals surface area contributed by atoms with Gasteiger partial charge in [-0.1, -0.05) is 26.7 Å². The van der Waals surface area contributed by atoms with Gasteiger partial charge in [-0.25, -0.2) is 0 Å². The molecule has 0 aromatic heterocycles. The molecule has 0 unspecified atom stereocenters. The predicted octanol–water partition coefficient (Wildman–Crippen LogP) is 2.28. The standard InChI is InChI=1S/C16H28N2O2/c1-13(2)12-15(19)17-8-5-9-18(11-10-17)16(20)14-6-3-4-7-14/h13-14H,3-12H2,1-2H3. The third-order valence-corrected chi connectivity index (χ3v) is 4.45. The van der Waals surface area contributed by atoms with Gasteiger partial charge in [-0.3, -0.25) is 9.59 Å². The molecule has 1 aliphatic heterocycles. The highest BCUT2D eigenvalue weighted by atomic mass is 16.2. The Kier molecular flexibility index (Phi) is 5.44. The van der Waals surface area contributed by atoms with Gasteiger partial charge in [0.15, 0.2) is 0 Å². The lowest BCUT2D eigenvalue weighted by Crippen LogP contribution is -2.39. The summed E-state index contributed by atoms with van der Waals surface area (Å²) in [5.41, 5.74) is 0. The summed E-state index contributed by atoms with van der Waals surface area (Å²) in [4.78, 5) is 28.5. The van der Waals surface area contributed by atoms with Gasteiger partial charge >= 0.3 is 0 Å². The van der Waals surface area contributed by atoms with Crippen molar-refractivity contribution < 1.29 is 9.59 Å². The molecule has 0 aromatic carbocycles. The Hall–Kier alpha value is -1.06. The van der Waals surface area contributed by atoms with Crippen LogP contribution in [0.5, 0.6) is 0 Å². The van der Waals surface area contributed by atoms with E-state index in [-0.39, 0.29) is 11.8 Å². The van der Waals surface area contributed by atoms with E-state index < -0.39 is 0 Å². The van der Waals surface area contributed by atoms with Crippen molar-refractivity contribution in [2.24, 2.45) is 11.8 Å². The fourth-order valence-corrected chi connectivity index (χ4v) is 3.30. The number of rotatable bonds is 3. The molecule has 2 amide bonds. The molecule has 0 bridgehead atoms. The van der Waals surface area contributed by atoms with E-state index in [1.54, 1.807) is 0 Å². The summed E-state index contributed by atoms with van der Waals surface area (Å²) in [7, 11) is 0. The van der Waals surface area contributed by atoms with Crippen LogP contribution in [-0.2, 0) is 9.59 Å². The van der Waals surface area contributed by atoms with Gasteiger partial charge in [0.05, 0.1) is 0 Å². The van der Waals surface area contributed by atoms with E-state index in [1.165, 1.54) is 12.8 Å². The van der Waals surface area contributed by atoms with E-state index in [0.29, 0.717) is 24.8 Å². The van der Waals surface area contributed by atoms with Crippen LogP contribution in [0.25, 0.3) is 0 Å². The van der Waals surface area contributed by atoms with Crippen LogP contribution in [0.1, 0.15) is 52.4 Å². The Morgan fingerprint density at radius 2 is 1.55 bits per heavy atom. The maximum atomic E-state index is 12.4. The first-order valence-electron chi connectivity index (χ1n) is 8.14. The number of hydrogen-bond donors (Lipinski definition) is 0. The molecular formula is C16H28N2O2. The lowest BCUT2D eigenvalue weighted by molar-refractivity contribution is -0.136. The molecule has 0 atom stereocenters. The summed E-state index contributed by atoms with van der Waals surface area (Å²) < 4.78 is 0. The average Bonchev–Trinajstić information content (AvgIpc) is 2.81. The molecule has 1 saturated carbocycles. The van der Waals surface area contributed by atoms with E-state index in [9.17, 15) is 9.59 Å². The highest BCUT2D eigenvalue weighted by Gasteiger charge is 2.29. The first-order valence-corrected chi connectivity index (χ1v) is 8.14. The summed E-state index contributed by atoms with van der Waals surface area (Å²) in [5, 5.41) is 0. The van der Waals surface area contributed by atoms with Crippen molar-refractivity contribution in [1.29, 1.82) is 0 Å². The number of amides is 2. The Morgan fingerprint density at radius 3 is 2.20 bits per heavy atom. The zero-order valence-electron chi connectivity index (χ0n) is 12.9. The number of carbonyl (C=O) groups is 2. The first-order chi connectivity index (χ1) is 9.58. The number of nitrogens with zero attached hydrogens (tertiary/aromatic N) is 2. The topological polar surface area (TPSA) is 40.6 Å². The van der Waals surface area contributed by atoms with Crippen molar-refractivity contribution in [2.75, 3.05) is 26.2 Å². The minimum Gasteiger partial charge on any atom is -0.341 e. The first kappa shape index (κ1) is 15.3. The fourth-order valence-electron chi connectivity index (χ4n) is 3.30. The van der Waals surface area contributed by atoms with Crippen LogP contribution in [0.15, 0.2) is 0 Å². The van der Waals surface area contributed by atoms with E-state index in [4.69, 9.17) is 0 Å². The molecule has 114 valence electrons. The van der Waals surface area contributed by atoms with Crippen LogP contribution in [0.2, 0.25) is 0 Å². The Morgan fingerprint density at radius 1 is 0.950 bits per heavy atom. The van der Waals surface area contributed by atoms with Gasteiger partial charge in [0.1, 0.15) is 0 Å². The fraction of sp³-hybridized carbons (Fsp3) is 0.875. The van der Waals surface area contributed by atoms with Gasteiger partial charge in [0.25, 0.3) is 0 Å². The third-order valence-electron chi connectivity index (χ3n) is 4.45. The smallest absolute Gasteiger partial charge is 0.225 e. The van der Waals surface area contributed by atoms with Crippen molar-refractivity contribution in [2.45, 2.75) is 52.4 Å². The molecule has 20 heavy (non-hydrogen) atoms. The Bertz CT molecular complexity index is 348. The van der Waals surface area contributed by atoms with Crippen LogP contribution in [0.4, 0.5) is 0 Å². The van der Waals surface area contributed by atoms with Crippen molar-refractivity contribution >= 4 is 11.8 Å². The van der Waals surface area contributed by atoms with Crippen molar-refractivity contribution in [3.8, 4) is 0 Å². The zero-order chi connectivity index (χ0) is 14.5. The van der Waals surface area contributed by atoms with E-state index in [0.717, 1.165) is 38.9 Å². The summed E-state index contributed by atoms with van der Waals surface area (Å²) >= 11 is 0. The minimum atomic E-state index is 0.246. The van der Waals surface area contributed by atoms with Gasteiger partial charge in [-0.05, 0) is 25.2 Å². The Labute approximate surface area is 122 Å². The Balaban J connectivity index is 1.85.